The Labute approximate surface area is 159 Å². The smallest absolute Gasteiger partial charge is 0.252 e. The van der Waals surface area contributed by atoms with E-state index in [0.29, 0.717) is 24.2 Å². The Bertz CT molecular complexity index is 759. The lowest BCUT2D eigenvalue weighted by atomic mass is 9.90. The van der Waals surface area contributed by atoms with Gasteiger partial charge in [0.05, 0.1) is 11.7 Å². The summed E-state index contributed by atoms with van der Waals surface area (Å²) >= 11 is 0. The van der Waals surface area contributed by atoms with Crippen LogP contribution in [0, 0.1) is 0 Å². The molecule has 0 saturated heterocycles. The lowest BCUT2D eigenvalue weighted by molar-refractivity contribution is 0.0997. The number of rotatable bonds is 7. The molecule has 6 heteroatoms. The molecule has 6 nitrogen and oxygen atoms in total. The highest BCUT2D eigenvalue weighted by molar-refractivity contribution is 5.95. The molecule has 2 aromatic rings. The predicted molar refractivity (Wildman–Crippen MR) is 106 cm³/mol. The number of carbonyl (C=O) groups is 1. The van der Waals surface area contributed by atoms with Gasteiger partial charge >= 0.3 is 0 Å². The summed E-state index contributed by atoms with van der Waals surface area (Å²) in [5, 5.41) is 27.0. The molecule has 0 aliphatic heterocycles. The number of hydrogen-bond donors (Lipinski definition) is 5. The molecule has 1 atom stereocenters. The molecule has 1 saturated carbocycles. The van der Waals surface area contributed by atoms with Crippen molar-refractivity contribution < 1.29 is 15.0 Å². The molecule has 0 heterocycles. The predicted octanol–water partition coefficient (Wildman–Crippen LogP) is 2.54. The highest BCUT2D eigenvalue weighted by Gasteiger charge is 2.22. The van der Waals surface area contributed by atoms with E-state index >= 15 is 0 Å². The van der Waals surface area contributed by atoms with Crippen molar-refractivity contribution in [2.24, 2.45) is 5.73 Å². The zero-order valence-electron chi connectivity index (χ0n) is 15.3. The molecule has 0 radical (unpaired) electrons. The van der Waals surface area contributed by atoms with Crippen LogP contribution in [0.3, 0.4) is 0 Å². The molecule has 0 aromatic heterocycles. The molecule has 2 aromatic carbocycles. The average Bonchev–Trinajstić information content (AvgIpc) is 2.68. The number of aliphatic hydroxyl groups excluding tert-OH is 1. The monoisotopic (exact) mass is 369 g/mol. The second kappa shape index (κ2) is 8.88. The first kappa shape index (κ1) is 19.2. The van der Waals surface area contributed by atoms with Gasteiger partial charge in [0.1, 0.15) is 5.75 Å². The number of aromatic hydroxyl groups is 1. The Morgan fingerprint density at radius 3 is 2.41 bits per heavy atom. The van der Waals surface area contributed by atoms with Crippen LogP contribution in [0.2, 0.25) is 0 Å². The standard InChI is InChI=1S/C21H27N3O3/c22-21(27)18-12-14(6-11-19(18)25)20(26)13-23-15-7-9-17(10-8-15)24-16-4-2-1-3-5-16/h1-6,11-12,15,17,20,23-26H,7-10,13H2,(H2,22,27). The van der Waals surface area contributed by atoms with E-state index in [2.05, 4.69) is 22.8 Å². The van der Waals surface area contributed by atoms with Crippen molar-refractivity contribution in [1.29, 1.82) is 0 Å². The number of para-hydroxylation sites is 1. The van der Waals surface area contributed by atoms with E-state index in [1.807, 2.05) is 18.2 Å². The Kier molecular flexibility index (Phi) is 6.32. The fourth-order valence-electron chi connectivity index (χ4n) is 3.57. The molecule has 1 unspecified atom stereocenters. The summed E-state index contributed by atoms with van der Waals surface area (Å²) in [6, 6.07) is 15.5. The van der Waals surface area contributed by atoms with Crippen LogP contribution in [0.1, 0.15) is 47.7 Å². The summed E-state index contributed by atoms with van der Waals surface area (Å²) in [7, 11) is 0. The van der Waals surface area contributed by atoms with Gasteiger partial charge in [-0.15, -0.1) is 0 Å². The molecule has 0 bridgehead atoms. The Hall–Kier alpha value is -2.57. The van der Waals surface area contributed by atoms with Gasteiger partial charge in [0, 0.05) is 24.3 Å². The second-order valence-corrected chi connectivity index (χ2v) is 7.12. The number of amides is 1. The Balaban J connectivity index is 1.46. The minimum atomic E-state index is -0.760. The summed E-state index contributed by atoms with van der Waals surface area (Å²) in [4.78, 5) is 11.3. The van der Waals surface area contributed by atoms with E-state index < -0.39 is 12.0 Å². The third-order valence-electron chi connectivity index (χ3n) is 5.14. The summed E-state index contributed by atoms with van der Waals surface area (Å²) in [5.74, 6) is -0.880. The first-order valence-electron chi connectivity index (χ1n) is 9.38. The molecule has 1 aliphatic carbocycles. The topological polar surface area (TPSA) is 108 Å². The maximum absolute atomic E-state index is 11.3. The molecule has 3 rings (SSSR count). The van der Waals surface area contributed by atoms with Gasteiger partial charge in [-0.25, -0.2) is 0 Å². The number of nitrogens with one attached hydrogen (secondary N) is 2. The van der Waals surface area contributed by atoms with Crippen molar-refractivity contribution >= 4 is 11.6 Å². The molecule has 1 aliphatic rings. The van der Waals surface area contributed by atoms with Gasteiger partial charge in [0.15, 0.2) is 0 Å². The van der Waals surface area contributed by atoms with Gasteiger partial charge in [-0.1, -0.05) is 24.3 Å². The van der Waals surface area contributed by atoms with Gasteiger partial charge in [-0.2, -0.15) is 0 Å². The number of carbonyl (C=O) groups excluding carboxylic acids is 1. The number of aliphatic hydroxyl groups is 1. The Morgan fingerprint density at radius 1 is 1.07 bits per heavy atom. The minimum Gasteiger partial charge on any atom is -0.507 e. The minimum absolute atomic E-state index is 0.0269. The van der Waals surface area contributed by atoms with Crippen molar-refractivity contribution in [3.8, 4) is 5.75 Å². The van der Waals surface area contributed by atoms with E-state index in [4.69, 9.17) is 5.73 Å². The number of primary amides is 1. The third-order valence-corrected chi connectivity index (χ3v) is 5.14. The zero-order chi connectivity index (χ0) is 19.2. The molecule has 6 N–H and O–H groups in total. The molecule has 1 fully saturated rings. The van der Waals surface area contributed by atoms with E-state index in [0.717, 1.165) is 31.4 Å². The Morgan fingerprint density at radius 2 is 1.74 bits per heavy atom. The molecular formula is C21H27N3O3. The van der Waals surface area contributed by atoms with Gasteiger partial charge in [-0.3, -0.25) is 4.79 Å². The third kappa shape index (κ3) is 5.21. The van der Waals surface area contributed by atoms with Gasteiger partial charge < -0.3 is 26.6 Å². The first-order chi connectivity index (χ1) is 13.0. The highest BCUT2D eigenvalue weighted by Crippen LogP contribution is 2.24. The van der Waals surface area contributed by atoms with Crippen molar-refractivity contribution in [3.05, 3.63) is 59.7 Å². The summed E-state index contributed by atoms with van der Waals surface area (Å²) < 4.78 is 0. The van der Waals surface area contributed by atoms with Crippen molar-refractivity contribution in [3.63, 3.8) is 0 Å². The van der Waals surface area contributed by atoms with E-state index in [-0.39, 0.29) is 11.3 Å². The quantitative estimate of drug-likeness (QED) is 0.515. The first-order valence-corrected chi connectivity index (χ1v) is 9.38. The molecule has 144 valence electrons. The molecule has 0 spiro atoms. The number of anilines is 1. The van der Waals surface area contributed by atoms with Crippen LogP contribution < -0.4 is 16.4 Å². The summed E-state index contributed by atoms with van der Waals surface area (Å²) in [6.07, 6.45) is 3.48. The van der Waals surface area contributed by atoms with Gasteiger partial charge in [0.2, 0.25) is 0 Å². The maximum atomic E-state index is 11.3. The van der Waals surface area contributed by atoms with Crippen molar-refractivity contribution in [2.75, 3.05) is 11.9 Å². The maximum Gasteiger partial charge on any atom is 0.252 e. The fourth-order valence-corrected chi connectivity index (χ4v) is 3.57. The molecule has 27 heavy (non-hydrogen) atoms. The van der Waals surface area contributed by atoms with Crippen LogP contribution in [-0.2, 0) is 0 Å². The van der Waals surface area contributed by atoms with Crippen LogP contribution in [0.15, 0.2) is 48.5 Å². The van der Waals surface area contributed by atoms with Crippen LogP contribution in [0.4, 0.5) is 5.69 Å². The van der Waals surface area contributed by atoms with Crippen molar-refractivity contribution in [2.45, 2.75) is 43.9 Å². The largest absolute Gasteiger partial charge is 0.507 e. The van der Waals surface area contributed by atoms with Gasteiger partial charge in [-0.05, 0) is 55.5 Å². The van der Waals surface area contributed by atoms with Crippen LogP contribution in [0.5, 0.6) is 5.75 Å². The van der Waals surface area contributed by atoms with Crippen LogP contribution in [0.25, 0.3) is 0 Å². The lowest BCUT2D eigenvalue weighted by Gasteiger charge is -2.31. The SMILES string of the molecule is NC(=O)c1cc(C(O)CNC2CCC(Nc3ccccc3)CC2)ccc1O. The van der Waals surface area contributed by atoms with E-state index in [9.17, 15) is 15.0 Å². The fraction of sp³-hybridized carbons (Fsp3) is 0.381. The molecule has 1 amide bonds. The normalized spacial score (nSPS) is 20.8. The average molecular weight is 369 g/mol. The van der Waals surface area contributed by atoms with Crippen molar-refractivity contribution in [1.82, 2.24) is 5.32 Å². The van der Waals surface area contributed by atoms with Crippen LogP contribution >= 0.6 is 0 Å². The highest BCUT2D eigenvalue weighted by atomic mass is 16.3. The number of phenols is 1. The number of benzene rings is 2. The zero-order valence-corrected chi connectivity index (χ0v) is 15.3. The van der Waals surface area contributed by atoms with Crippen LogP contribution in [-0.4, -0.2) is 34.7 Å². The lowest BCUT2D eigenvalue weighted by Crippen LogP contribution is -2.38. The van der Waals surface area contributed by atoms with E-state index in [1.165, 1.54) is 12.1 Å². The summed E-state index contributed by atoms with van der Waals surface area (Å²) in [5.41, 5.74) is 6.99. The number of hydrogen-bond acceptors (Lipinski definition) is 5. The summed E-state index contributed by atoms with van der Waals surface area (Å²) in [6.45, 7) is 0.393. The number of nitrogens with two attached hydrogens (primary N) is 1. The second-order valence-electron chi connectivity index (χ2n) is 7.12. The molecular weight excluding hydrogens is 342 g/mol. The van der Waals surface area contributed by atoms with E-state index in [1.54, 1.807) is 6.07 Å². The van der Waals surface area contributed by atoms with Gasteiger partial charge in [0.25, 0.3) is 5.91 Å².